The number of aryl methyl sites for hydroxylation is 3. The molecule has 23 heavy (non-hydrogen) atoms. The van der Waals surface area contributed by atoms with E-state index in [2.05, 4.69) is 93.8 Å². The Bertz CT molecular complexity index is 888. The Hall–Kier alpha value is -1.93. The molecule has 0 saturated carbocycles. The van der Waals surface area contributed by atoms with Crippen LogP contribution in [0.15, 0.2) is 48.7 Å². The highest BCUT2D eigenvalue weighted by Crippen LogP contribution is 2.24. The Morgan fingerprint density at radius 3 is 2.26 bits per heavy atom. The van der Waals surface area contributed by atoms with E-state index in [-0.39, 0.29) is 0 Å². The summed E-state index contributed by atoms with van der Waals surface area (Å²) in [6.07, 6.45) is 2.25. The first-order chi connectivity index (χ1) is 10.8. The molecule has 3 aromatic rings. The Labute approximate surface area is 140 Å². The van der Waals surface area contributed by atoms with Gasteiger partial charge in [0.1, 0.15) is 7.05 Å². The first-order valence-corrected chi connectivity index (χ1v) is 11.8. The van der Waals surface area contributed by atoms with Gasteiger partial charge in [0.15, 0.2) is 6.20 Å². The molecule has 0 saturated heterocycles. The van der Waals surface area contributed by atoms with Crippen LogP contribution in [0.5, 0.6) is 0 Å². The highest BCUT2D eigenvalue weighted by molar-refractivity contribution is 6.88. The van der Waals surface area contributed by atoms with Crippen LogP contribution >= 0.6 is 0 Å². The van der Waals surface area contributed by atoms with Crippen LogP contribution in [0.2, 0.25) is 19.6 Å². The molecule has 0 aliphatic rings. The average Bonchev–Trinajstić information content (AvgIpc) is 2.48. The van der Waals surface area contributed by atoms with Crippen LogP contribution in [0.3, 0.4) is 0 Å². The van der Waals surface area contributed by atoms with Crippen LogP contribution in [0.25, 0.3) is 22.0 Å². The number of benzene rings is 2. The predicted octanol–water partition coefficient (Wildman–Crippen LogP) is 4.49. The fourth-order valence-electron chi connectivity index (χ4n) is 3.09. The quantitative estimate of drug-likeness (QED) is 0.484. The maximum Gasteiger partial charge on any atom is 0.213 e. The molecule has 0 aliphatic carbocycles. The molecule has 0 N–H and O–H groups in total. The molecule has 0 spiro atoms. The van der Waals surface area contributed by atoms with Crippen molar-refractivity contribution in [2.45, 2.75) is 33.5 Å². The van der Waals surface area contributed by atoms with Crippen molar-refractivity contribution in [3.63, 3.8) is 0 Å². The van der Waals surface area contributed by atoms with E-state index < -0.39 is 8.07 Å². The molecule has 0 atom stereocenters. The maximum absolute atomic E-state index is 2.41. The minimum atomic E-state index is -1.29. The Morgan fingerprint density at radius 2 is 1.57 bits per heavy atom. The van der Waals surface area contributed by atoms with Crippen molar-refractivity contribution >= 4 is 24.0 Å². The molecule has 0 radical (unpaired) electrons. The first-order valence-electron chi connectivity index (χ1n) is 8.27. The topological polar surface area (TPSA) is 3.88 Å². The normalized spacial score (nSPS) is 11.9. The minimum absolute atomic E-state index is 1.28. The SMILES string of the molecule is Cc1ccc(C)c(-c2cc3cc([Si](C)(C)C)ccc3c[n+]2C)c1. The van der Waals surface area contributed by atoms with Gasteiger partial charge in [0, 0.05) is 17.0 Å². The van der Waals surface area contributed by atoms with Crippen LogP contribution in [-0.4, -0.2) is 8.07 Å². The summed E-state index contributed by atoms with van der Waals surface area (Å²) in [6.45, 7) is 11.6. The second kappa shape index (κ2) is 5.61. The highest BCUT2D eigenvalue weighted by Gasteiger charge is 2.19. The van der Waals surface area contributed by atoms with Crippen molar-refractivity contribution in [1.29, 1.82) is 0 Å². The molecule has 0 amide bonds. The highest BCUT2D eigenvalue weighted by atomic mass is 28.3. The number of fused-ring (bicyclic) bond motifs is 1. The lowest BCUT2D eigenvalue weighted by Gasteiger charge is -2.17. The number of rotatable bonds is 2. The van der Waals surface area contributed by atoms with E-state index in [1.165, 1.54) is 38.3 Å². The van der Waals surface area contributed by atoms with Crippen molar-refractivity contribution in [3.05, 3.63) is 59.8 Å². The fraction of sp³-hybridized carbons (Fsp3) is 0.286. The summed E-state index contributed by atoms with van der Waals surface area (Å²) in [5.74, 6) is 0. The summed E-state index contributed by atoms with van der Waals surface area (Å²) in [6, 6.07) is 16.0. The van der Waals surface area contributed by atoms with Crippen molar-refractivity contribution in [3.8, 4) is 11.3 Å². The van der Waals surface area contributed by atoms with Gasteiger partial charge >= 0.3 is 0 Å². The Balaban J connectivity index is 2.25. The van der Waals surface area contributed by atoms with Crippen LogP contribution in [0.4, 0.5) is 0 Å². The number of nitrogens with zero attached hydrogens (tertiary/aromatic N) is 1. The van der Waals surface area contributed by atoms with Crippen LogP contribution in [-0.2, 0) is 7.05 Å². The number of hydrogen-bond acceptors (Lipinski definition) is 0. The molecule has 1 heterocycles. The van der Waals surface area contributed by atoms with Crippen molar-refractivity contribution in [2.75, 3.05) is 0 Å². The van der Waals surface area contributed by atoms with Gasteiger partial charge in [0.2, 0.25) is 5.69 Å². The lowest BCUT2D eigenvalue weighted by molar-refractivity contribution is -0.659. The lowest BCUT2D eigenvalue weighted by Crippen LogP contribution is -2.37. The van der Waals surface area contributed by atoms with Gasteiger partial charge in [-0.2, -0.15) is 0 Å². The summed E-state index contributed by atoms with van der Waals surface area (Å²) in [5, 5.41) is 4.17. The van der Waals surface area contributed by atoms with Gasteiger partial charge in [-0.3, -0.25) is 0 Å². The second-order valence-corrected chi connectivity index (χ2v) is 12.8. The first kappa shape index (κ1) is 15.9. The molecule has 0 fully saturated rings. The van der Waals surface area contributed by atoms with Gasteiger partial charge in [-0.05, 0) is 36.9 Å². The van der Waals surface area contributed by atoms with Crippen LogP contribution < -0.4 is 9.75 Å². The zero-order chi connectivity index (χ0) is 16.8. The van der Waals surface area contributed by atoms with Crippen molar-refractivity contribution < 1.29 is 4.57 Å². The molecule has 2 aromatic carbocycles. The molecule has 2 heteroatoms. The van der Waals surface area contributed by atoms with Crippen molar-refractivity contribution in [1.82, 2.24) is 0 Å². The molecule has 0 unspecified atom stereocenters. The summed E-state index contributed by atoms with van der Waals surface area (Å²) in [7, 11) is 0.854. The Morgan fingerprint density at radius 1 is 0.826 bits per heavy atom. The molecule has 0 bridgehead atoms. The van der Waals surface area contributed by atoms with E-state index in [4.69, 9.17) is 0 Å². The zero-order valence-electron chi connectivity index (χ0n) is 15.1. The molecular formula is C21H26NSi+. The molecule has 1 nitrogen and oxygen atoms in total. The standard InChI is InChI=1S/C21H26NSi/c1-15-7-8-16(2)20(11-15)21-13-18-12-19(23(4,5)6)10-9-17(18)14-22(21)3/h7-14H,1-6H3/q+1. The minimum Gasteiger partial charge on any atom is -0.200 e. The van der Waals surface area contributed by atoms with E-state index in [1.54, 1.807) is 0 Å². The fourth-order valence-corrected chi connectivity index (χ4v) is 4.26. The van der Waals surface area contributed by atoms with Crippen LogP contribution in [0.1, 0.15) is 11.1 Å². The second-order valence-electron chi connectivity index (χ2n) is 7.68. The number of aromatic nitrogens is 1. The summed E-state index contributed by atoms with van der Waals surface area (Å²) in [5.41, 5.74) is 5.24. The maximum atomic E-state index is 2.41. The van der Waals surface area contributed by atoms with Gasteiger partial charge in [0.25, 0.3) is 0 Å². The van der Waals surface area contributed by atoms with E-state index in [0.29, 0.717) is 0 Å². The zero-order valence-corrected chi connectivity index (χ0v) is 16.1. The molecule has 3 rings (SSSR count). The van der Waals surface area contributed by atoms with E-state index in [0.717, 1.165) is 0 Å². The third-order valence-corrected chi connectivity index (χ3v) is 6.67. The smallest absolute Gasteiger partial charge is 0.200 e. The predicted molar refractivity (Wildman–Crippen MR) is 103 cm³/mol. The average molecular weight is 321 g/mol. The number of pyridine rings is 1. The van der Waals surface area contributed by atoms with Crippen LogP contribution in [0, 0.1) is 13.8 Å². The lowest BCUT2D eigenvalue weighted by atomic mass is 10.0. The van der Waals surface area contributed by atoms with Gasteiger partial charge in [-0.1, -0.05) is 54.7 Å². The molecule has 118 valence electrons. The van der Waals surface area contributed by atoms with Gasteiger partial charge < -0.3 is 0 Å². The molecular weight excluding hydrogens is 294 g/mol. The third-order valence-electron chi connectivity index (χ3n) is 4.63. The van der Waals surface area contributed by atoms with E-state index >= 15 is 0 Å². The third kappa shape index (κ3) is 3.09. The molecule has 1 aromatic heterocycles. The van der Waals surface area contributed by atoms with E-state index in [1.807, 2.05) is 0 Å². The Kier molecular flexibility index (Phi) is 3.89. The summed E-state index contributed by atoms with van der Waals surface area (Å²) in [4.78, 5) is 0. The molecule has 0 aliphatic heterocycles. The largest absolute Gasteiger partial charge is 0.213 e. The number of hydrogen-bond donors (Lipinski definition) is 0. The van der Waals surface area contributed by atoms with E-state index in [9.17, 15) is 0 Å². The monoisotopic (exact) mass is 320 g/mol. The summed E-state index contributed by atoms with van der Waals surface area (Å²) >= 11 is 0. The van der Waals surface area contributed by atoms with Gasteiger partial charge in [-0.25, -0.2) is 4.57 Å². The van der Waals surface area contributed by atoms with Crippen molar-refractivity contribution in [2.24, 2.45) is 7.05 Å². The van der Waals surface area contributed by atoms with Gasteiger partial charge in [-0.15, -0.1) is 0 Å². The summed E-state index contributed by atoms with van der Waals surface area (Å²) < 4.78 is 2.25. The van der Waals surface area contributed by atoms with Gasteiger partial charge in [0.05, 0.1) is 8.07 Å².